The number of nitrogens with zero attached hydrogens (tertiary/aromatic N) is 6. The van der Waals surface area contributed by atoms with Gasteiger partial charge < -0.3 is 15.1 Å². The molecule has 9 heteroatoms. The van der Waals surface area contributed by atoms with Crippen LogP contribution >= 0.6 is 11.3 Å². The molecule has 0 saturated carbocycles. The van der Waals surface area contributed by atoms with Crippen LogP contribution in [0.3, 0.4) is 0 Å². The van der Waals surface area contributed by atoms with E-state index in [4.69, 9.17) is 4.67 Å². The van der Waals surface area contributed by atoms with Crippen molar-refractivity contribution < 1.29 is 4.79 Å². The number of nitrogens with one attached hydrogen (secondary N) is 1. The standard InChI is InChI=1S/C28H35N7OS/c1-18-7-9-22(10-8-18)26-25-19(2)20(3)37-28(25)35-21(4)31-32-27(35)23(30-26)17-24(36)29-11-6-12-34-15-13-33(5)14-16-34/h7-10H,6,11-17H2,1-5H3/p+1. The van der Waals surface area contributed by atoms with Gasteiger partial charge >= 0.3 is 11.4 Å². The van der Waals surface area contributed by atoms with E-state index in [2.05, 4.69) is 82.0 Å². The van der Waals surface area contributed by atoms with Crippen LogP contribution in [-0.2, 0) is 4.79 Å². The van der Waals surface area contributed by atoms with Gasteiger partial charge in [0.05, 0.1) is 5.56 Å². The highest BCUT2D eigenvalue weighted by molar-refractivity contribution is 7.15. The number of amides is 1. The smallest absolute Gasteiger partial charge is 0.356 e. The Morgan fingerprint density at radius 3 is 2.51 bits per heavy atom. The van der Waals surface area contributed by atoms with Crippen LogP contribution in [0, 0.1) is 27.7 Å². The number of thiophene rings is 1. The minimum absolute atomic E-state index is 0.0363. The van der Waals surface area contributed by atoms with E-state index in [-0.39, 0.29) is 12.3 Å². The monoisotopic (exact) mass is 518 g/mol. The molecule has 1 amide bonds. The molecule has 1 saturated heterocycles. The predicted molar refractivity (Wildman–Crippen MR) is 150 cm³/mol. The van der Waals surface area contributed by atoms with Crippen molar-refractivity contribution in [2.75, 3.05) is 46.3 Å². The van der Waals surface area contributed by atoms with E-state index in [1.165, 1.54) is 16.0 Å². The summed E-state index contributed by atoms with van der Waals surface area (Å²) >= 11 is 1.73. The Morgan fingerprint density at radius 1 is 1.05 bits per heavy atom. The summed E-state index contributed by atoms with van der Waals surface area (Å²) in [6.07, 6.45) is 1.10. The van der Waals surface area contributed by atoms with Crippen molar-refractivity contribution in [3.63, 3.8) is 0 Å². The topological polar surface area (TPSA) is 80.4 Å². The van der Waals surface area contributed by atoms with E-state index in [1.54, 1.807) is 11.3 Å². The average molecular weight is 519 g/mol. The lowest BCUT2D eigenvalue weighted by atomic mass is 9.99. The van der Waals surface area contributed by atoms with E-state index in [0.717, 1.165) is 66.8 Å². The predicted octanol–water partition coefficient (Wildman–Crippen LogP) is 2.41. The quantitative estimate of drug-likeness (QED) is 0.384. The van der Waals surface area contributed by atoms with Crippen LogP contribution in [0.25, 0.3) is 5.00 Å². The SMILES string of the molecule is Cc1ccc(C2=[N+]=C(CC(=O)NCCCN3CCN(C)CC3)c3nnc(C)n3-c3sc(C)c(C)c32)cc1. The van der Waals surface area contributed by atoms with Gasteiger partial charge in [0, 0.05) is 37.6 Å². The summed E-state index contributed by atoms with van der Waals surface area (Å²) in [4.78, 5) is 19.1. The Balaban J connectivity index is 1.42. The molecule has 8 nitrogen and oxygen atoms in total. The molecule has 37 heavy (non-hydrogen) atoms. The van der Waals surface area contributed by atoms with Gasteiger partial charge in [-0.2, -0.15) is 0 Å². The van der Waals surface area contributed by atoms with E-state index >= 15 is 0 Å². The van der Waals surface area contributed by atoms with Crippen molar-refractivity contribution >= 4 is 28.7 Å². The molecule has 0 spiro atoms. The molecule has 3 aromatic rings. The molecule has 0 atom stereocenters. The number of aryl methyl sites for hydroxylation is 3. The molecule has 2 aliphatic heterocycles. The van der Waals surface area contributed by atoms with E-state index in [1.807, 2.05) is 6.92 Å². The van der Waals surface area contributed by atoms with Crippen LogP contribution in [0.15, 0.2) is 24.3 Å². The maximum absolute atomic E-state index is 13.1. The first kappa shape index (κ1) is 25.5. The number of fused-ring (bicyclic) bond motifs is 3. The summed E-state index contributed by atoms with van der Waals surface area (Å²) in [6.45, 7) is 14.4. The number of aromatic nitrogens is 3. The van der Waals surface area contributed by atoms with E-state index in [0.29, 0.717) is 18.1 Å². The molecule has 1 aromatic carbocycles. The molecule has 0 unspecified atom stereocenters. The van der Waals surface area contributed by atoms with Crippen LogP contribution in [-0.4, -0.2) is 88.2 Å². The zero-order chi connectivity index (χ0) is 26.1. The third-order valence-electron chi connectivity index (χ3n) is 7.36. The average Bonchev–Trinajstić information content (AvgIpc) is 3.35. The normalized spacial score (nSPS) is 16.0. The highest BCUT2D eigenvalue weighted by atomic mass is 32.1. The number of benzene rings is 1. The van der Waals surface area contributed by atoms with Crippen molar-refractivity contribution in [1.82, 2.24) is 34.5 Å². The number of hydrogen-bond donors (Lipinski definition) is 1. The van der Waals surface area contributed by atoms with Gasteiger partial charge in [0.15, 0.2) is 0 Å². The second kappa shape index (κ2) is 10.7. The summed E-state index contributed by atoms with van der Waals surface area (Å²) in [6, 6.07) is 8.43. The second-order valence-corrected chi connectivity index (χ2v) is 11.4. The van der Waals surface area contributed by atoms with Crippen molar-refractivity contribution in [2.24, 2.45) is 0 Å². The first-order chi connectivity index (χ1) is 17.8. The lowest BCUT2D eigenvalue weighted by Gasteiger charge is -2.32. The van der Waals surface area contributed by atoms with Crippen LogP contribution in [0.2, 0.25) is 0 Å². The molecule has 0 aliphatic carbocycles. The van der Waals surface area contributed by atoms with Crippen molar-refractivity contribution in [1.29, 1.82) is 0 Å². The molecule has 194 valence electrons. The maximum atomic E-state index is 13.1. The zero-order valence-corrected chi connectivity index (χ0v) is 23.3. The molecular weight excluding hydrogens is 482 g/mol. The van der Waals surface area contributed by atoms with E-state index < -0.39 is 0 Å². The summed E-state index contributed by atoms with van der Waals surface area (Å²) in [5.41, 5.74) is 6.07. The van der Waals surface area contributed by atoms with Crippen molar-refractivity contribution in [2.45, 2.75) is 40.5 Å². The number of rotatable bonds is 7. The molecule has 5 rings (SSSR count). The van der Waals surface area contributed by atoms with Gasteiger partial charge in [-0.05, 0) is 65.4 Å². The van der Waals surface area contributed by atoms with Crippen LogP contribution in [0.1, 0.15) is 51.6 Å². The van der Waals surface area contributed by atoms with Gasteiger partial charge in [-0.3, -0.25) is 9.36 Å². The van der Waals surface area contributed by atoms with Crippen molar-refractivity contribution in [3.8, 4) is 5.00 Å². The van der Waals surface area contributed by atoms with Crippen molar-refractivity contribution in [3.05, 3.63) is 63.0 Å². The maximum Gasteiger partial charge on any atom is 0.358 e. The number of piperazine rings is 1. The molecule has 0 radical (unpaired) electrons. The Kier molecular flexibility index (Phi) is 7.40. The molecule has 2 aromatic heterocycles. The third-order valence-corrected chi connectivity index (χ3v) is 8.55. The fourth-order valence-corrected chi connectivity index (χ4v) is 6.14. The summed E-state index contributed by atoms with van der Waals surface area (Å²) < 4.78 is 7.21. The van der Waals surface area contributed by atoms with E-state index in [9.17, 15) is 4.79 Å². The highest BCUT2D eigenvalue weighted by Gasteiger charge is 2.37. The highest BCUT2D eigenvalue weighted by Crippen LogP contribution is 2.35. The number of carbonyl (C=O) groups is 1. The van der Waals surface area contributed by atoms with Gasteiger partial charge in [-0.1, -0.05) is 22.4 Å². The molecule has 2 aliphatic rings. The second-order valence-electron chi connectivity index (χ2n) is 10.2. The van der Waals surface area contributed by atoms with Crippen LogP contribution in [0.5, 0.6) is 0 Å². The lowest BCUT2D eigenvalue weighted by molar-refractivity contribution is -0.119. The van der Waals surface area contributed by atoms with Gasteiger partial charge in [0.2, 0.25) is 11.7 Å². The van der Waals surface area contributed by atoms with Gasteiger partial charge in [0.1, 0.15) is 22.8 Å². The molecule has 1 N–H and O–H groups in total. The molecule has 0 bridgehead atoms. The fraction of sp³-hybridized carbons (Fsp3) is 0.464. The number of carbonyl (C=O) groups excluding carboxylic acids is 1. The summed E-state index contributed by atoms with van der Waals surface area (Å²) in [5, 5.41) is 13.0. The Bertz CT molecular complexity index is 1370. The Labute approximate surface area is 222 Å². The van der Waals surface area contributed by atoms with Gasteiger partial charge in [-0.25, -0.2) is 0 Å². The number of hydrogen-bond acceptors (Lipinski definition) is 6. The first-order valence-electron chi connectivity index (χ1n) is 13.0. The largest absolute Gasteiger partial charge is 0.358 e. The minimum atomic E-state index is -0.0363. The first-order valence-corrected chi connectivity index (χ1v) is 13.9. The Hall–Kier alpha value is -3.10. The fourth-order valence-electron chi connectivity index (χ4n) is 4.93. The number of likely N-dealkylation sites (N-methyl/N-ethyl adjacent to an activating group) is 1. The van der Waals surface area contributed by atoms with Crippen LogP contribution in [0.4, 0.5) is 0 Å². The summed E-state index contributed by atoms with van der Waals surface area (Å²) in [5.74, 6) is 1.41. The summed E-state index contributed by atoms with van der Waals surface area (Å²) in [7, 11) is 2.17. The Morgan fingerprint density at radius 2 is 1.78 bits per heavy atom. The van der Waals surface area contributed by atoms with Gasteiger partial charge in [0.25, 0.3) is 0 Å². The lowest BCUT2D eigenvalue weighted by Crippen LogP contribution is -2.45. The minimum Gasteiger partial charge on any atom is -0.356 e. The third kappa shape index (κ3) is 5.31. The zero-order valence-electron chi connectivity index (χ0n) is 22.5. The molecular formula is C28H36N7OS+. The van der Waals surface area contributed by atoms with Crippen LogP contribution < -0.4 is 9.98 Å². The molecule has 1 fully saturated rings. The molecule has 4 heterocycles. The van der Waals surface area contributed by atoms with Gasteiger partial charge in [-0.15, -0.1) is 21.5 Å².